The third-order valence-electron chi connectivity index (χ3n) is 1.63. The SMILES string of the molecule is CC(CC(N)=NO)NCC(O)C(N)=O. The normalized spacial score (nSPS) is 16.3. The van der Waals surface area contributed by atoms with Crippen LogP contribution >= 0.6 is 0 Å². The van der Waals surface area contributed by atoms with Crippen molar-refractivity contribution < 1.29 is 15.1 Å². The summed E-state index contributed by atoms with van der Waals surface area (Å²) in [7, 11) is 0. The maximum atomic E-state index is 10.4. The van der Waals surface area contributed by atoms with E-state index in [0.717, 1.165) is 0 Å². The van der Waals surface area contributed by atoms with Crippen LogP contribution in [0.5, 0.6) is 0 Å². The molecule has 0 aliphatic rings. The summed E-state index contributed by atoms with van der Waals surface area (Å²) in [6, 6.07) is -0.111. The summed E-state index contributed by atoms with van der Waals surface area (Å²) in [4.78, 5) is 10.4. The molecule has 0 bridgehead atoms. The van der Waals surface area contributed by atoms with Crippen molar-refractivity contribution in [2.45, 2.75) is 25.5 Å². The Morgan fingerprint density at radius 1 is 1.57 bits per heavy atom. The molecule has 0 aromatic rings. The van der Waals surface area contributed by atoms with Crippen molar-refractivity contribution in [3.05, 3.63) is 0 Å². The molecule has 7 heteroatoms. The van der Waals surface area contributed by atoms with Crippen LogP contribution in [0.3, 0.4) is 0 Å². The zero-order valence-electron chi connectivity index (χ0n) is 7.97. The first kappa shape index (κ1) is 12.7. The summed E-state index contributed by atoms with van der Waals surface area (Å²) < 4.78 is 0. The molecule has 0 rings (SSSR count). The molecule has 2 unspecified atom stereocenters. The van der Waals surface area contributed by atoms with Crippen molar-refractivity contribution in [3.8, 4) is 0 Å². The highest BCUT2D eigenvalue weighted by Gasteiger charge is 2.12. The Labute approximate surface area is 81.8 Å². The molecule has 7 N–H and O–H groups in total. The van der Waals surface area contributed by atoms with Gasteiger partial charge in [0.05, 0.1) is 0 Å². The fourth-order valence-electron chi connectivity index (χ4n) is 0.840. The quantitative estimate of drug-likeness (QED) is 0.147. The number of oxime groups is 1. The smallest absolute Gasteiger partial charge is 0.247 e. The molecular formula is C7H16N4O3. The van der Waals surface area contributed by atoms with Gasteiger partial charge in [0.2, 0.25) is 5.91 Å². The Balaban J connectivity index is 3.74. The van der Waals surface area contributed by atoms with E-state index in [0.29, 0.717) is 6.42 Å². The number of hydrogen-bond donors (Lipinski definition) is 5. The number of rotatable bonds is 6. The van der Waals surface area contributed by atoms with Gasteiger partial charge in [0.1, 0.15) is 11.9 Å². The van der Waals surface area contributed by atoms with E-state index in [9.17, 15) is 4.79 Å². The van der Waals surface area contributed by atoms with Crippen LogP contribution in [-0.4, -0.2) is 40.7 Å². The molecule has 2 atom stereocenters. The summed E-state index contributed by atoms with van der Waals surface area (Å²) in [5.41, 5.74) is 10.1. The lowest BCUT2D eigenvalue weighted by atomic mass is 10.2. The average molecular weight is 204 g/mol. The van der Waals surface area contributed by atoms with Gasteiger partial charge >= 0.3 is 0 Å². The maximum absolute atomic E-state index is 10.4. The largest absolute Gasteiger partial charge is 0.409 e. The van der Waals surface area contributed by atoms with E-state index < -0.39 is 12.0 Å². The standard InChI is InChI=1S/C7H16N4O3/c1-4(2-6(8)11-14)10-3-5(12)7(9)13/h4-5,10,12,14H,2-3H2,1H3,(H2,8,11)(H2,9,13). The van der Waals surface area contributed by atoms with Gasteiger partial charge < -0.3 is 27.1 Å². The van der Waals surface area contributed by atoms with Crippen LogP contribution in [0.25, 0.3) is 0 Å². The van der Waals surface area contributed by atoms with Gasteiger partial charge in [0.15, 0.2) is 0 Å². The van der Waals surface area contributed by atoms with Crippen molar-refractivity contribution in [3.63, 3.8) is 0 Å². The lowest BCUT2D eigenvalue weighted by molar-refractivity contribution is -0.125. The fourth-order valence-corrected chi connectivity index (χ4v) is 0.840. The number of carbonyl (C=O) groups is 1. The first-order chi connectivity index (χ1) is 6.47. The van der Waals surface area contributed by atoms with Gasteiger partial charge in [-0.3, -0.25) is 4.79 Å². The van der Waals surface area contributed by atoms with Crippen molar-refractivity contribution in [2.75, 3.05) is 6.54 Å². The highest BCUT2D eigenvalue weighted by molar-refractivity contribution is 5.80. The minimum absolute atomic E-state index is 0.0508. The van der Waals surface area contributed by atoms with Crippen LogP contribution in [0.4, 0.5) is 0 Å². The number of nitrogens with one attached hydrogen (secondary N) is 1. The number of hydrogen-bond acceptors (Lipinski definition) is 5. The van der Waals surface area contributed by atoms with Crippen LogP contribution in [0.1, 0.15) is 13.3 Å². The van der Waals surface area contributed by atoms with Crippen molar-refractivity contribution in [1.82, 2.24) is 5.32 Å². The molecule has 0 spiro atoms. The van der Waals surface area contributed by atoms with Crippen molar-refractivity contribution >= 4 is 11.7 Å². The molecule has 82 valence electrons. The topological polar surface area (TPSA) is 134 Å². The summed E-state index contributed by atoms with van der Waals surface area (Å²) in [6.45, 7) is 1.82. The van der Waals surface area contributed by atoms with Crippen LogP contribution in [-0.2, 0) is 4.79 Å². The summed E-state index contributed by atoms with van der Waals surface area (Å²) in [5, 5.41) is 22.9. The van der Waals surface area contributed by atoms with Crippen LogP contribution < -0.4 is 16.8 Å². The Bertz CT molecular complexity index is 219. The minimum Gasteiger partial charge on any atom is -0.409 e. The van der Waals surface area contributed by atoms with Crippen molar-refractivity contribution in [1.29, 1.82) is 0 Å². The molecule has 14 heavy (non-hydrogen) atoms. The monoisotopic (exact) mass is 204 g/mol. The molecule has 0 heterocycles. The summed E-state index contributed by atoms with van der Waals surface area (Å²) in [5.74, 6) is -0.702. The van der Waals surface area contributed by atoms with E-state index in [2.05, 4.69) is 10.5 Å². The predicted octanol–water partition coefficient (Wildman–Crippen LogP) is -2.05. The van der Waals surface area contributed by atoms with E-state index in [1.807, 2.05) is 0 Å². The van der Waals surface area contributed by atoms with Gasteiger partial charge in [-0.25, -0.2) is 0 Å². The number of carbonyl (C=O) groups excluding carboxylic acids is 1. The lowest BCUT2D eigenvalue weighted by Crippen LogP contribution is -2.42. The number of primary amides is 1. The first-order valence-electron chi connectivity index (χ1n) is 4.14. The fraction of sp³-hybridized carbons (Fsp3) is 0.714. The van der Waals surface area contributed by atoms with Gasteiger partial charge in [0, 0.05) is 19.0 Å². The Kier molecular flexibility index (Phi) is 5.58. The molecule has 0 aromatic heterocycles. The highest BCUT2D eigenvalue weighted by atomic mass is 16.4. The second-order valence-corrected chi connectivity index (χ2v) is 3.02. The number of aliphatic hydroxyl groups is 1. The Morgan fingerprint density at radius 3 is 2.57 bits per heavy atom. The molecule has 0 radical (unpaired) electrons. The number of nitrogens with two attached hydrogens (primary N) is 2. The molecule has 0 aliphatic carbocycles. The third kappa shape index (κ3) is 5.33. The Hall–Kier alpha value is -1.34. The predicted molar refractivity (Wildman–Crippen MR) is 50.7 cm³/mol. The highest BCUT2D eigenvalue weighted by Crippen LogP contribution is 1.90. The van der Waals surface area contributed by atoms with E-state index in [1.54, 1.807) is 6.92 Å². The average Bonchev–Trinajstić information content (AvgIpc) is 2.13. The summed E-state index contributed by atoms with van der Waals surface area (Å²) >= 11 is 0. The van der Waals surface area contributed by atoms with E-state index >= 15 is 0 Å². The lowest BCUT2D eigenvalue weighted by Gasteiger charge is -2.14. The van der Waals surface area contributed by atoms with Gasteiger partial charge in [-0.05, 0) is 6.92 Å². The third-order valence-corrected chi connectivity index (χ3v) is 1.63. The summed E-state index contributed by atoms with van der Waals surface area (Å²) in [6.07, 6.45) is -0.896. The van der Waals surface area contributed by atoms with E-state index in [1.165, 1.54) is 0 Å². The molecule has 0 fully saturated rings. The van der Waals surface area contributed by atoms with Crippen LogP contribution in [0, 0.1) is 0 Å². The second-order valence-electron chi connectivity index (χ2n) is 3.02. The van der Waals surface area contributed by atoms with Gasteiger partial charge in [0.25, 0.3) is 0 Å². The second kappa shape index (κ2) is 6.17. The zero-order chi connectivity index (χ0) is 11.1. The number of nitrogens with zero attached hydrogens (tertiary/aromatic N) is 1. The first-order valence-corrected chi connectivity index (χ1v) is 4.14. The maximum Gasteiger partial charge on any atom is 0.247 e. The number of amidine groups is 1. The van der Waals surface area contributed by atoms with E-state index in [-0.39, 0.29) is 18.4 Å². The molecule has 7 nitrogen and oxygen atoms in total. The molecule has 0 aromatic carbocycles. The van der Waals surface area contributed by atoms with Gasteiger partial charge in [-0.15, -0.1) is 0 Å². The molecular weight excluding hydrogens is 188 g/mol. The Morgan fingerprint density at radius 2 is 2.14 bits per heavy atom. The number of amides is 1. The molecule has 0 aliphatic heterocycles. The van der Waals surface area contributed by atoms with Crippen molar-refractivity contribution in [2.24, 2.45) is 16.6 Å². The van der Waals surface area contributed by atoms with Gasteiger partial charge in [-0.2, -0.15) is 0 Å². The zero-order valence-corrected chi connectivity index (χ0v) is 7.97. The molecule has 0 saturated carbocycles. The van der Waals surface area contributed by atoms with Crippen LogP contribution in [0.15, 0.2) is 5.16 Å². The van der Waals surface area contributed by atoms with E-state index in [4.69, 9.17) is 21.8 Å². The van der Waals surface area contributed by atoms with Crippen LogP contribution in [0.2, 0.25) is 0 Å². The molecule has 0 saturated heterocycles. The molecule has 1 amide bonds. The minimum atomic E-state index is -1.22. The number of aliphatic hydroxyl groups excluding tert-OH is 1. The van der Waals surface area contributed by atoms with Gasteiger partial charge in [-0.1, -0.05) is 5.16 Å².